The molecule has 1 aliphatic carbocycles. The summed E-state index contributed by atoms with van der Waals surface area (Å²) in [6.45, 7) is 5.54. The van der Waals surface area contributed by atoms with Gasteiger partial charge in [0.25, 0.3) is 0 Å². The predicted molar refractivity (Wildman–Crippen MR) is 67.9 cm³/mol. The maximum atomic E-state index is 6.04. The molecule has 0 aliphatic heterocycles. The van der Waals surface area contributed by atoms with Crippen LogP contribution in [0.5, 0.6) is 0 Å². The number of hydrogen-bond donors (Lipinski definition) is 1. The Bertz CT molecular complexity index is 167. The third-order valence-corrected chi connectivity index (χ3v) is 4.36. The van der Waals surface area contributed by atoms with E-state index in [9.17, 15) is 0 Å². The van der Waals surface area contributed by atoms with Gasteiger partial charge in [-0.05, 0) is 37.1 Å². The van der Waals surface area contributed by atoms with E-state index < -0.39 is 0 Å². The molecule has 0 radical (unpaired) electrons. The summed E-state index contributed by atoms with van der Waals surface area (Å²) in [5, 5.41) is 0. The summed E-state index contributed by atoms with van der Waals surface area (Å²) in [4.78, 5) is 0. The first-order valence-corrected chi connectivity index (χ1v) is 6.96. The van der Waals surface area contributed by atoms with Crippen LogP contribution in [-0.2, 0) is 0 Å². The van der Waals surface area contributed by atoms with Crippen molar-refractivity contribution in [3.8, 4) is 0 Å². The molecule has 0 aromatic rings. The molecule has 0 saturated heterocycles. The molecule has 0 aromatic heterocycles. The summed E-state index contributed by atoms with van der Waals surface area (Å²) in [7, 11) is 0. The second-order valence-corrected chi connectivity index (χ2v) is 5.53. The number of rotatable bonds is 6. The average molecular weight is 211 g/mol. The van der Waals surface area contributed by atoms with Crippen LogP contribution >= 0.6 is 0 Å². The van der Waals surface area contributed by atoms with Crippen LogP contribution in [-0.4, -0.2) is 6.54 Å². The molecule has 15 heavy (non-hydrogen) atoms. The summed E-state index contributed by atoms with van der Waals surface area (Å²) in [5.74, 6) is 0.962. The maximum Gasteiger partial charge on any atom is -0.00204 e. The van der Waals surface area contributed by atoms with Gasteiger partial charge in [-0.2, -0.15) is 0 Å². The van der Waals surface area contributed by atoms with E-state index in [1.54, 1.807) is 0 Å². The van der Waals surface area contributed by atoms with Gasteiger partial charge in [0, 0.05) is 0 Å². The molecular weight excluding hydrogens is 182 g/mol. The minimum absolute atomic E-state index is 0.522. The molecule has 1 saturated carbocycles. The van der Waals surface area contributed by atoms with Crippen molar-refractivity contribution in [3.05, 3.63) is 0 Å². The van der Waals surface area contributed by atoms with Crippen molar-refractivity contribution in [3.63, 3.8) is 0 Å². The number of nitrogens with two attached hydrogens (primary N) is 1. The normalized spacial score (nSPS) is 31.8. The Kier molecular flexibility index (Phi) is 5.66. The molecule has 2 N–H and O–H groups in total. The largest absolute Gasteiger partial charge is 0.330 e. The van der Waals surface area contributed by atoms with Gasteiger partial charge in [-0.3, -0.25) is 0 Å². The van der Waals surface area contributed by atoms with Crippen LogP contribution in [0.1, 0.15) is 71.6 Å². The monoisotopic (exact) mass is 211 g/mol. The summed E-state index contributed by atoms with van der Waals surface area (Å²) in [6, 6.07) is 0. The zero-order valence-corrected chi connectivity index (χ0v) is 10.7. The highest BCUT2D eigenvalue weighted by atomic mass is 14.6. The van der Waals surface area contributed by atoms with Crippen molar-refractivity contribution in [1.29, 1.82) is 0 Å². The first kappa shape index (κ1) is 13.0. The third kappa shape index (κ3) is 3.79. The number of hydrogen-bond acceptors (Lipinski definition) is 1. The summed E-state index contributed by atoms with van der Waals surface area (Å²) in [5.41, 5.74) is 6.56. The topological polar surface area (TPSA) is 26.0 Å². The molecule has 2 atom stereocenters. The maximum absolute atomic E-state index is 6.04. The minimum Gasteiger partial charge on any atom is -0.330 e. The van der Waals surface area contributed by atoms with Crippen molar-refractivity contribution in [2.24, 2.45) is 17.1 Å². The molecule has 1 aliphatic rings. The fourth-order valence-electron chi connectivity index (χ4n) is 3.20. The van der Waals surface area contributed by atoms with Gasteiger partial charge in [-0.25, -0.2) is 0 Å². The van der Waals surface area contributed by atoms with Crippen molar-refractivity contribution >= 4 is 0 Å². The van der Waals surface area contributed by atoms with Crippen molar-refractivity contribution in [2.75, 3.05) is 6.54 Å². The molecule has 0 heterocycles. The van der Waals surface area contributed by atoms with Gasteiger partial charge in [0.05, 0.1) is 0 Å². The molecule has 0 amide bonds. The lowest BCUT2D eigenvalue weighted by Gasteiger charge is -2.40. The molecular formula is C14H29N. The van der Waals surface area contributed by atoms with Crippen LogP contribution in [0.3, 0.4) is 0 Å². The fourth-order valence-corrected chi connectivity index (χ4v) is 3.20. The van der Waals surface area contributed by atoms with Crippen molar-refractivity contribution < 1.29 is 0 Å². The molecule has 0 aromatic carbocycles. The van der Waals surface area contributed by atoms with Crippen molar-refractivity contribution in [2.45, 2.75) is 71.6 Å². The van der Waals surface area contributed by atoms with Crippen LogP contribution in [0.15, 0.2) is 0 Å². The lowest BCUT2D eigenvalue weighted by Crippen LogP contribution is -2.35. The lowest BCUT2D eigenvalue weighted by atomic mass is 9.66. The van der Waals surface area contributed by atoms with E-state index >= 15 is 0 Å². The van der Waals surface area contributed by atoms with Gasteiger partial charge in [0.15, 0.2) is 0 Å². The molecule has 0 spiro atoms. The molecule has 90 valence electrons. The Morgan fingerprint density at radius 1 is 1.27 bits per heavy atom. The Morgan fingerprint density at radius 2 is 2.07 bits per heavy atom. The Morgan fingerprint density at radius 3 is 2.67 bits per heavy atom. The van der Waals surface area contributed by atoms with E-state index in [0.29, 0.717) is 5.41 Å². The summed E-state index contributed by atoms with van der Waals surface area (Å²) >= 11 is 0. The van der Waals surface area contributed by atoms with E-state index in [-0.39, 0.29) is 0 Å². The first-order chi connectivity index (χ1) is 7.26. The van der Waals surface area contributed by atoms with Gasteiger partial charge >= 0.3 is 0 Å². The Balaban J connectivity index is 2.43. The average Bonchev–Trinajstić information content (AvgIpc) is 2.30. The molecule has 0 bridgehead atoms. The standard InChI is InChI=1S/C14H29N/c1-3-5-6-9-14(12-15)10-7-8-13(4-2)11-14/h13H,3-12,15H2,1-2H3. The van der Waals surface area contributed by atoms with Crippen LogP contribution in [0, 0.1) is 11.3 Å². The van der Waals surface area contributed by atoms with Crippen LogP contribution in [0.4, 0.5) is 0 Å². The van der Waals surface area contributed by atoms with Gasteiger partial charge in [0.2, 0.25) is 0 Å². The van der Waals surface area contributed by atoms with Gasteiger partial charge in [-0.15, -0.1) is 0 Å². The van der Waals surface area contributed by atoms with Gasteiger partial charge < -0.3 is 5.73 Å². The van der Waals surface area contributed by atoms with Crippen LogP contribution in [0.25, 0.3) is 0 Å². The van der Waals surface area contributed by atoms with E-state index in [1.807, 2.05) is 0 Å². The second-order valence-electron chi connectivity index (χ2n) is 5.53. The molecule has 1 nitrogen and oxygen atoms in total. The minimum atomic E-state index is 0.522. The highest BCUT2D eigenvalue weighted by molar-refractivity contribution is 4.86. The van der Waals surface area contributed by atoms with E-state index in [0.717, 1.165) is 12.5 Å². The highest BCUT2D eigenvalue weighted by Crippen LogP contribution is 2.43. The Labute approximate surface area is 95.8 Å². The predicted octanol–water partition coefficient (Wildman–Crippen LogP) is 4.11. The number of unbranched alkanes of at least 4 members (excludes halogenated alkanes) is 2. The van der Waals surface area contributed by atoms with E-state index in [2.05, 4.69) is 13.8 Å². The van der Waals surface area contributed by atoms with Crippen LogP contribution in [0.2, 0.25) is 0 Å². The third-order valence-electron chi connectivity index (χ3n) is 4.36. The van der Waals surface area contributed by atoms with Gasteiger partial charge in [-0.1, -0.05) is 52.4 Å². The lowest BCUT2D eigenvalue weighted by molar-refractivity contribution is 0.127. The van der Waals surface area contributed by atoms with Crippen molar-refractivity contribution in [1.82, 2.24) is 0 Å². The molecule has 2 unspecified atom stereocenters. The molecule has 1 fully saturated rings. The summed E-state index contributed by atoms with van der Waals surface area (Å²) < 4.78 is 0. The van der Waals surface area contributed by atoms with E-state index in [4.69, 9.17) is 5.73 Å². The SMILES string of the molecule is CCCCCC1(CN)CCCC(CC)C1. The van der Waals surface area contributed by atoms with Crippen LogP contribution < -0.4 is 5.73 Å². The quantitative estimate of drug-likeness (QED) is 0.657. The smallest absolute Gasteiger partial charge is 0.00204 e. The van der Waals surface area contributed by atoms with E-state index in [1.165, 1.54) is 57.8 Å². The van der Waals surface area contributed by atoms with Gasteiger partial charge in [0.1, 0.15) is 0 Å². The fraction of sp³-hybridized carbons (Fsp3) is 1.00. The zero-order valence-electron chi connectivity index (χ0n) is 10.7. The zero-order chi connectivity index (χ0) is 11.1. The highest BCUT2D eigenvalue weighted by Gasteiger charge is 2.33. The Hall–Kier alpha value is -0.0400. The first-order valence-electron chi connectivity index (χ1n) is 6.96. The molecule has 1 heteroatoms. The summed E-state index contributed by atoms with van der Waals surface area (Å²) in [6.07, 6.45) is 12.5. The molecule has 1 rings (SSSR count). The second kappa shape index (κ2) is 6.52.